The summed E-state index contributed by atoms with van der Waals surface area (Å²) in [6, 6.07) is 12.1. The van der Waals surface area contributed by atoms with E-state index in [-0.39, 0.29) is 11.6 Å². The predicted octanol–water partition coefficient (Wildman–Crippen LogP) is 1.81. The highest BCUT2D eigenvalue weighted by Crippen LogP contribution is 2.07. The van der Waals surface area contributed by atoms with Gasteiger partial charge in [-0.25, -0.2) is 0 Å². The molecule has 6 heteroatoms. The van der Waals surface area contributed by atoms with Gasteiger partial charge in [0.2, 0.25) is 0 Å². The molecule has 0 aliphatic carbocycles. The summed E-state index contributed by atoms with van der Waals surface area (Å²) in [5.74, 6) is -0.316. The Kier molecular flexibility index (Phi) is 6.14. The van der Waals surface area contributed by atoms with Gasteiger partial charge in [0.05, 0.1) is 12.9 Å². The van der Waals surface area contributed by atoms with E-state index in [0.29, 0.717) is 24.5 Å². The molecule has 0 saturated heterocycles. The minimum atomic E-state index is -0.414. The van der Waals surface area contributed by atoms with E-state index in [1.807, 2.05) is 6.07 Å². The molecule has 0 unspecified atom stereocenters. The third kappa shape index (κ3) is 5.12. The van der Waals surface area contributed by atoms with Gasteiger partial charge in [0.25, 0.3) is 11.8 Å². The highest BCUT2D eigenvalue weighted by Gasteiger charge is 2.14. The molecule has 0 saturated carbocycles. The molecule has 0 atom stereocenters. The van der Waals surface area contributed by atoms with Crippen LogP contribution in [-0.2, 0) is 9.53 Å². The summed E-state index contributed by atoms with van der Waals surface area (Å²) in [6.45, 7) is 0.721. The van der Waals surface area contributed by atoms with Gasteiger partial charge in [0.15, 0.2) is 0 Å². The first-order valence-electron chi connectivity index (χ1n) is 7.09. The number of hydrogen-bond acceptors (Lipinski definition) is 4. The van der Waals surface area contributed by atoms with Crippen molar-refractivity contribution in [2.75, 3.05) is 20.3 Å². The van der Waals surface area contributed by atoms with Crippen LogP contribution in [0.4, 0.5) is 0 Å². The second-order valence-electron chi connectivity index (χ2n) is 4.64. The molecular formula is C17H18N2O4. The van der Waals surface area contributed by atoms with E-state index in [9.17, 15) is 9.59 Å². The summed E-state index contributed by atoms with van der Waals surface area (Å²) >= 11 is 0. The quantitative estimate of drug-likeness (QED) is 0.603. The molecule has 120 valence electrons. The molecule has 0 radical (unpaired) electrons. The van der Waals surface area contributed by atoms with Gasteiger partial charge in [0.1, 0.15) is 11.5 Å². The van der Waals surface area contributed by atoms with Crippen molar-refractivity contribution in [2.45, 2.75) is 0 Å². The topological polar surface area (TPSA) is 80.6 Å². The van der Waals surface area contributed by atoms with Crippen LogP contribution in [0.2, 0.25) is 0 Å². The van der Waals surface area contributed by atoms with Crippen LogP contribution in [0.1, 0.15) is 16.1 Å². The number of benzene rings is 1. The Morgan fingerprint density at radius 1 is 1.17 bits per heavy atom. The van der Waals surface area contributed by atoms with Crippen LogP contribution >= 0.6 is 0 Å². The second kappa shape index (κ2) is 8.55. The lowest BCUT2D eigenvalue weighted by molar-refractivity contribution is -0.117. The minimum Gasteiger partial charge on any atom is -0.465 e. The molecule has 1 aromatic carbocycles. The van der Waals surface area contributed by atoms with Crippen LogP contribution in [0.15, 0.2) is 58.8 Å². The smallest absolute Gasteiger partial charge is 0.268 e. The van der Waals surface area contributed by atoms with E-state index >= 15 is 0 Å². The SMILES string of the molecule is COCCNC(=O)C(=Cc1ccco1)NC(=O)c1ccccc1. The first kappa shape index (κ1) is 16.5. The van der Waals surface area contributed by atoms with Gasteiger partial charge in [-0.2, -0.15) is 0 Å². The molecule has 0 aliphatic rings. The fraction of sp³-hybridized carbons (Fsp3) is 0.176. The Labute approximate surface area is 134 Å². The molecule has 23 heavy (non-hydrogen) atoms. The maximum Gasteiger partial charge on any atom is 0.268 e. The molecule has 1 heterocycles. The van der Waals surface area contributed by atoms with Crippen molar-refractivity contribution in [3.63, 3.8) is 0 Å². The molecule has 0 bridgehead atoms. The number of ether oxygens (including phenoxy) is 1. The molecule has 0 aliphatic heterocycles. The molecule has 2 aromatic rings. The van der Waals surface area contributed by atoms with Crippen LogP contribution in [0.5, 0.6) is 0 Å². The van der Waals surface area contributed by atoms with Crippen LogP contribution < -0.4 is 10.6 Å². The number of methoxy groups -OCH3 is 1. The Morgan fingerprint density at radius 2 is 1.96 bits per heavy atom. The lowest BCUT2D eigenvalue weighted by Crippen LogP contribution is -2.36. The Bertz CT molecular complexity index is 663. The lowest BCUT2D eigenvalue weighted by Gasteiger charge is -2.10. The van der Waals surface area contributed by atoms with Gasteiger partial charge in [0, 0.05) is 25.3 Å². The maximum absolute atomic E-state index is 12.2. The Balaban J connectivity index is 2.13. The van der Waals surface area contributed by atoms with Crippen molar-refractivity contribution < 1.29 is 18.7 Å². The van der Waals surface area contributed by atoms with E-state index in [1.165, 1.54) is 12.3 Å². The Morgan fingerprint density at radius 3 is 2.61 bits per heavy atom. The first-order valence-corrected chi connectivity index (χ1v) is 7.09. The summed E-state index contributed by atoms with van der Waals surface area (Å²) < 4.78 is 10.1. The molecule has 6 nitrogen and oxygen atoms in total. The minimum absolute atomic E-state index is 0.102. The number of rotatable bonds is 7. The number of amides is 2. The largest absolute Gasteiger partial charge is 0.465 e. The normalized spacial score (nSPS) is 11.1. The number of carbonyl (C=O) groups excluding carboxylic acids is 2. The van der Waals surface area contributed by atoms with Gasteiger partial charge in [-0.1, -0.05) is 18.2 Å². The zero-order valence-corrected chi connectivity index (χ0v) is 12.7. The second-order valence-corrected chi connectivity index (χ2v) is 4.64. The van der Waals surface area contributed by atoms with Gasteiger partial charge >= 0.3 is 0 Å². The van der Waals surface area contributed by atoms with Crippen LogP contribution in [0, 0.1) is 0 Å². The molecule has 2 amide bonds. The average Bonchev–Trinajstić information content (AvgIpc) is 3.08. The first-order chi connectivity index (χ1) is 11.2. The summed E-state index contributed by atoms with van der Waals surface area (Å²) in [7, 11) is 1.54. The number of furan rings is 1. The summed E-state index contributed by atoms with van der Waals surface area (Å²) in [6.07, 6.45) is 2.97. The van der Waals surface area contributed by atoms with Gasteiger partial charge in [-0.3, -0.25) is 9.59 Å². The molecule has 2 N–H and O–H groups in total. The van der Waals surface area contributed by atoms with Crippen molar-refractivity contribution in [3.05, 3.63) is 65.7 Å². The van der Waals surface area contributed by atoms with Gasteiger partial charge in [-0.15, -0.1) is 0 Å². The summed E-state index contributed by atoms with van der Waals surface area (Å²) in [5.41, 5.74) is 0.562. The molecule has 0 fully saturated rings. The van der Waals surface area contributed by atoms with Crippen LogP contribution in [-0.4, -0.2) is 32.1 Å². The van der Waals surface area contributed by atoms with Gasteiger partial charge < -0.3 is 19.8 Å². The zero-order valence-electron chi connectivity index (χ0n) is 12.7. The maximum atomic E-state index is 12.2. The lowest BCUT2D eigenvalue weighted by atomic mass is 10.2. The monoisotopic (exact) mass is 314 g/mol. The summed E-state index contributed by atoms with van der Waals surface area (Å²) in [5, 5.41) is 5.27. The van der Waals surface area contributed by atoms with Crippen molar-refractivity contribution in [3.8, 4) is 0 Å². The third-order valence-corrected chi connectivity index (χ3v) is 2.95. The number of carbonyl (C=O) groups is 2. The average molecular weight is 314 g/mol. The Hall–Kier alpha value is -2.86. The molecule has 2 rings (SSSR count). The van der Waals surface area contributed by atoms with Crippen LogP contribution in [0.3, 0.4) is 0 Å². The molecular weight excluding hydrogens is 296 g/mol. The number of hydrogen-bond donors (Lipinski definition) is 2. The van der Waals surface area contributed by atoms with E-state index in [0.717, 1.165) is 0 Å². The van der Waals surface area contributed by atoms with Gasteiger partial charge in [-0.05, 0) is 24.3 Å². The third-order valence-electron chi connectivity index (χ3n) is 2.95. The van der Waals surface area contributed by atoms with Crippen LogP contribution in [0.25, 0.3) is 6.08 Å². The van der Waals surface area contributed by atoms with Crippen molar-refractivity contribution >= 4 is 17.9 Å². The van der Waals surface area contributed by atoms with E-state index in [2.05, 4.69) is 10.6 Å². The number of nitrogens with one attached hydrogen (secondary N) is 2. The predicted molar refractivity (Wildman–Crippen MR) is 85.5 cm³/mol. The molecule has 0 spiro atoms. The standard InChI is InChI=1S/C17H18N2O4/c1-22-11-9-18-17(21)15(12-14-8-5-10-23-14)19-16(20)13-6-3-2-4-7-13/h2-8,10,12H,9,11H2,1H3,(H,18,21)(H,19,20). The highest BCUT2D eigenvalue weighted by molar-refractivity contribution is 6.05. The van der Waals surface area contributed by atoms with Crippen molar-refractivity contribution in [2.24, 2.45) is 0 Å². The highest BCUT2D eigenvalue weighted by atomic mass is 16.5. The van der Waals surface area contributed by atoms with E-state index < -0.39 is 5.91 Å². The van der Waals surface area contributed by atoms with E-state index in [1.54, 1.807) is 43.5 Å². The molecule has 1 aromatic heterocycles. The fourth-order valence-corrected chi connectivity index (χ4v) is 1.82. The van der Waals surface area contributed by atoms with Crippen molar-refractivity contribution in [1.82, 2.24) is 10.6 Å². The van der Waals surface area contributed by atoms with E-state index in [4.69, 9.17) is 9.15 Å². The van der Waals surface area contributed by atoms with Crippen molar-refractivity contribution in [1.29, 1.82) is 0 Å². The zero-order chi connectivity index (χ0) is 16.5. The fourth-order valence-electron chi connectivity index (χ4n) is 1.82. The summed E-state index contributed by atoms with van der Waals surface area (Å²) in [4.78, 5) is 24.5.